The summed E-state index contributed by atoms with van der Waals surface area (Å²) >= 11 is 0. The van der Waals surface area contributed by atoms with Gasteiger partial charge in [0.2, 0.25) is 0 Å². The van der Waals surface area contributed by atoms with E-state index >= 15 is 0 Å². The fourth-order valence-corrected chi connectivity index (χ4v) is 3.02. The molecule has 0 radical (unpaired) electrons. The van der Waals surface area contributed by atoms with Crippen molar-refractivity contribution in [1.29, 1.82) is 0 Å². The summed E-state index contributed by atoms with van der Waals surface area (Å²) < 4.78 is 16.0. The van der Waals surface area contributed by atoms with Crippen LogP contribution in [0, 0.1) is 11.8 Å². The molecule has 0 aromatic carbocycles. The Morgan fingerprint density at radius 2 is 1.80 bits per heavy atom. The topological polar surface area (TPSA) is 82.1 Å². The van der Waals surface area contributed by atoms with Crippen LogP contribution in [0.15, 0.2) is 12.2 Å². The molecule has 1 rings (SSSR count). The second-order valence-electron chi connectivity index (χ2n) is 6.61. The van der Waals surface area contributed by atoms with Crippen molar-refractivity contribution in [2.75, 3.05) is 13.2 Å². The van der Waals surface area contributed by atoms with Gasteiger partial charge < -0.3 is 19.3 Å². The van der Waals surface area contributed by atoms with Gasteiger partial charge in [0, 0.05) is 11.5 Å². The van der Waals surface area contributed by atoms with Crippen molar-refractivity contribution in [1.82, 2.24) is 0 Å². The lowest BCUT2D eigenvalue weighted by atomic mass is 9.85. The molecule has 0 aliphatic heterocycles. The maximum Gasteiger partial charge on any atom is 0.333 e. The highest BCUT2D eigenvalue weighted by Crippen LogP contribution is 2.31. The fourth-order valence-electron chi connectivity index (χ4n) is 3.02. The number of hydrogen-bond acceptors (Lipinski definition) is 6. The van der Waals surface area contributed by atoms with Crippen LogP contribution in [0.5, 0.6) is 0 Å². The Balaban J connectivity index is 2.47. The van der Waals surface area contributed by atoms with Crippen LogP contribution in [0.4, 0.5) is 0 Å². The first-order valence-electron chi connectivity index (χ1n) is 9.23. The quantitative estimate of drug-likeness (QED) is 0.280. The number of rotatable bonds is 10. The predicted molar refractivity (Wildman–Crippen MR) is 93.6 cm³/mol. The van der Waals surface area contributed by atoms with E-state index in [0.29, 0.717) is 5.57 Å². The molecule has 1 aliphatic carbocycles. The molecule has 0 bridgehead atoms. The average Bonchev–Trinajstić information content (AvgIpc) is 2.59. The molecule has 1 saturated carbocycles. The van der Waals surface area contributed by atoms with Crippen molar-refractivity contribution >= 4 is 11.9 Å². The zero-order valence-corrected chi connectivity index (χ0v) is 15.7. The smallest absolute Gasteiger partial charge is 0.333 e. The second-order valence-corrected chi connectivity index (χ2v) is 6.61. The summed E-state index contributed by atoms with van der Waals surface area (Å²) in [4.78, 5) is 23.5. The van der Waals surface area contributed by atoms with Gasteiger partial charge in [0.1, 0.15) is 12.7 Å². The standard InChI is InChI=1S/C19H32O6/c1-5-14(6-2)18(21)25-16-10-8-7-9-15(16)19(22)24-12-11-23-17(20)13(3)4/h14-16,19,22H,3,5-12H2,1-2,4H3. The molecule has 3 unspecified atom stereocenters. The highest BCUT2D eigenvalue weighted by molar-refractivity contribution is 5.86. The average molecular weight is 356 g/mol. The van der Waals surface area contributed by atoms with Gasteiger partial charge in [-0.3, -0.25) is 4.79 Å². The zero-order valence-electron chi connectivity index (χ0n) is 15.7. The summed E-state index contributed by atoms with van der Waals surface area (Å²) in [5, 5.41) is 10.3. The van der Waals surface area contributed by atoms with Crippen molar-refractivity contribution in [2.45, 2.75) is 71.7 Å². The molecule has 6 nitrogen and oxygen atoms in total. The Bertz CT molecular complexity index is 443. The van der Waals surface area contributed by atoms with Crippen LogP contribution in [0.1, 0.15) is 59.3 Å². The molecule has 1 fully saturated rings. The Morgan fingerprint density at radius 1 is 1.16 bits per heavy atom. The Hall–Kier alpha value is -1.40. The molecule has 0 spiro atoms. The number of carbonyl (C=O) groups is 2. The van der Waals surface area contributed by atoms with Crippen LogP contribution < -0.4 is 0 Å². The van der Waals surface area contributed by atoms with Crippen LogP contribution in [0.2, 0.25) is 0 Å². The number of hydrogen-bond donors (Lipinski definition) is 1. The Kier molecular flexibility index (Phi) is 9.75. The lowest BCUT2D eigenvalue weighted by Gasteiger charge is -2.34. The molecule has 0 heterocycles. The zero-order chi connectivity index (χ0) is 18.8. The lowest BCUT2D eigenvalue weighted by Crippen LogP contribution is -2.40. The van der Waals surface area contributed by atoms with Crippen molar-refractivity contribution in [3.8, 4) is 0 Å². The minimum atomic E-state index is -1.04. The molecule has 3 atom stereocenters. The highest BCUT2D eigenvalue weighted by atomic mass is 16.6. The summed E-state index contributed by atoms with van der Waals surface area (Å²) in [6, 6.07) is 0. The van der Waals surface area contributed by atoms with E-state index in [2.05, 4.69) is 6.58 Å². The molecule has 144 valence electrons. The van der Waals surface area contributed by atoms with Gasteiger partial charge in [-0.15, -0.1) is 0 Å². The summed E-state index contributed by atoms with van der Waals surface area (Å²) in [6.07, 6.45) is 3.56. The number of aliphatic hydroxyl groups is 1. The maximum atomic E-state index is 12.2. The van der Waals surface area contributed by atoms with Gasteiger partial charge in [0.05, 0.1) is 12.5 Å². The highest BCUT2D eigenvalue weighted by Gasteiger charge is 2.35. The van der Waals surface area contributed by atoms with Crippen LogP contribution in [0.3, 0.4) is 0 Å². The summed E-state index contributed by atoms with van der Waals surface area (Å²) in [7, 11) is 0. The van der Waals surface area contributed by atoms with Gasteiger partial charge >= 0.3 is 11.9 Å². The van der Waals surface area contributed by atoms with E-state index in [0.717, 1.165) is 38.5 Å². The van der Waals surface area contributed by atoms with E-state index in [-0.39, 0.29) is 37.1 Å². The van der Waals surface area contributed by atoms with E-state index in [1.807, 2.05) is 13.8 Å². The van der Waals surface area contributed by atoms with Gasteiger partial charge in [-0.2, -0.15) is 0 Å². The lowest BCUT2D eigenvalue weighted by molar-refractivity contribution is -0.191. The minimum absolute atomic E-state index is 0.0493. The number of esters is 2. The summed E-state index contributed by atoms with van der Waals surface area (Å²) in [5.74, 6) is -1.01. The molecular weight excluding hydrogens is 324 g/mol. The van der Waals surface area contributed by atoms with Gasteiger partial charge in [0.25, 0.3) is 0 Å². The van der Waals surface area contributed by atoms with Crippen LogP contribution in [-0.2, 0) is 23.8 Å². The van der Waals surface area contributed by atoms with Gasteiger partial charge in [-0.25, -0.2) is 4.79 Å². The van der Waals surface area contributed by atoms with E-state index in [9.17, 15) is 14.7 Å². The van der Waals surface area contributed by atoms with Crippen molar-refractivity contribution in [2.24, 2.45) is 11.8 Å². The van der Waals surface area contributed by atoms with E-state index in [1.165, 1.54) is 0 Å². The van der Waals surface area contributed by atoms with Gasteiger partial charge in [-0.05, 0) is 39.0 Å². The summed E-state index contributed by atoms with van der Waals surface area (Å²) in [5.41, 5.74) is 0.321. The Labute approximate surface area is 150 Å². The number of aliphatic hydroxyl groups excluding tert-OH is 1. The molecule has 0 aromatic heterocycles. The fraction of sp³-hybridized carbons (Fsp3) is 0.789. The molecule has 0 aromatic rings. The SMILES string of the molecule is C=C(C)C(=O)OCCOC(O)C1CCCCC1OC(=O)C(CC)CC. The van der Waals surface area contributed by atoms with Crippen LogP contribution >= 0.6 is 0 Å². The van der Waals surface area contributed by atoms with E-state index in [4.69, 9.17) is 14.2 Å². The van der Waals surface area contributed by atoms with Crippen molar-refractivity contribution < 1.29 is 28.9 Å². The first-order chi connectivity index (χ1) is 11.9. The van der Waals surface area contributed by atoms with E-state index in [1.54, 1.807) is 6.92 Å². The normalized spacial score (nSPS) is 21.6. The van der Waals surface area contributed by atoms with E-state index < -0.39 is 12.3 Å². The first kappa shape index (κ1) is 21.6. The van der Waals surface area contributed by atoms with Crippen LogP contribution in [0.25, 0.3) is 0 Å². The van der Waals surface area contributed by atoms with Gasteiger partial charge in [-0.1, -0.05) is 26.8 Å². The molecule has 25 heavy (non-hydrogen) atoms. The summed E-state index contributed by atoms with van der Waals surface area (Å²) in [6.45, 7) is 9.14. The predicted octanol–water partition coefficient (Wildman–Crippen LogP) is 2.98. The molecule has 0 amide bonds. The number of carbonyl (C=O) groups excluding carboxylic acids is 2. The number of ether oxygens (including phenoxy) is 3. The van der Waals surface area contributed by atoms with Crippen molar-refractivity contribution in [3.63, 3.8) is 0 Å². The second kappa shape index (κ2) is 11.3. The minimum Gasteiger partial charge on any atom is -0.462 e. The largest absolute Gasteiger partial charge is 0.462 e. The van der Waals surface area contributed by atoms with Gasteiger partial charge in [0.15, 0.2) is 6.29 Å². The molecule has 1 aliphatic rings. The third-order valence-electron chi connectivity index (χ3n) is 4.66. The monoisotopic (exact) mass is 356 g/mol. The van der Waals surface area contributed by atoms with Crippen molar-refractivity contribution in [3.05, 3.63) is 12.2 Å². The molecule has 6 heteroatoms. The third-order valence-corrected chi connectivity index (χ3v) is 4.66. The molecule has 1 N–H and O–H groups in total. The van der Waals surface area contributed by atoms with Crippen LogP contribution in [-0.4, -0.2) is 42.7 Å². The molecular formula is C19H32O6. The molecule has 0 saturated heterocycles. The Morgan fingerprint density at radius 3 is 2.40 bits per heavy atom. The first-order valence-corrected chi connectivity index (χ1v) is 9.23. The maximum absolute atomic E-state index is 12.2. The third kappa shape index (κ3) is 7.16.